The van der Waals surface area contributed by atoms with Crippen LogP contribution in [0.4, 0.5) is 0 Å². The Kier molecular flexibility index (Phi) is 42.2. The van der Waals surface area contributed by atoms with Gasteiger partial charge in [0, 0.05) is 21.1 Å². The Morgan fingerprint density at radius 2 is 0.846 bits per heavy atom. The van der Waals surface area contributed by atoms with E-state index in [1.165, 1.54) is 45.4 Å². The van der Waals surface area contributed by atoms with Crippen LogP contribution in [0.5, 0.6) is 0 Å². The smallest absolute Gasteiger partial charge is 0.0587 e. The van der Waals surface area contributed by atoms with Gasteiger partial charge < -0.3 is 10.2 Å². The highest BCUT2D eigenvalue weighted by atomic mass is 16.2. The van der Waals surface area contributed by atoms with Crippen LogP contribution in [0.3, 0.4) is 0 Å². The third-order valence-electron chi connectivity index (χ3n) is 1.50. The van der Waals surface area contributed by atoms with Crippen molar-refractivity contribution in [3.63, 3.8) is 0 Å². The van der Waals surface area contributed by atoms with Gasteiger partial charge in [0.1, 0.15) is 0 Å². The van der Waals surface area contributed by atoms with Crippen molar-refractivity contribution in [2.45, 2.75) is 45.4 Å². The lowest BCUT2D eigenvalue weighted by atomic mass is 10.0. The first-order chi connectivity index (χ1) is 6.41. The Morgan fingerprint density at radius 3 is 0.923 bits per heavy atom. The minimum Gasteiger partial charge on any atom is -0.400 e. The first kappa shape index (κ1) is 18.2. The first-order valence-electron chi connectivity index (χ1n) is 4.62. The van der Waals surface area contributed by atoms with Crippen molar-refractivity contribution in [1.82, 2.24) is 0 Å². The lowest BCUT2D eigenvalue weighted by Crippen LogP contribution is -1.85. The van der Waals surface area contributed by atoms with Gasteiger partial charge in [-0.25, -0.2) is 0 Å². The summed E-state index contributed by atoms with van der Waals surface area (Å²) in [6.45, 7) is 1.43. The van der Waals surface area contributed by atoms with Crippen molar-refractivity contribution < 1.29 is 10.2 Å². The van der Waals surface area contributed by atoms with Crippen LogP contribution in [-0.4, -0.2) is 24.4 Å². The molecule has 1 fully saturated rings. The highest BCUT2D eigenvalue weighted by Crippen LogP contribution is 2.15. The summed E-state index contributed by atoms with van der Waals surface area (Å²) in [6.07, 6.45) is 9.00. The van der Waals surface area contributed by atoms with E-state index in [9.17, 15) is 0 Å². The van der Waals surface area contributed by atoms with Gasteiger partial charge in [-0.3, -0.25) is 0 Å². The van der Waals surface area contributed by atoms with E-state index in [4.69, 9.17) is 15.5 Å². The summed E-state index contributed by atoms with van der Waals surface area (Å²) in [4.78, 5) is 0. The molecule has 0 aromatic carbocycles. The number of nitriles is 1. The molecule has 0 atom stereocenters. The van der Waals surface area contributed by atoms with E-state index in [0.717, 1.165) is 14.2 Å². The monoisotopic (exact) mass is 189 g/mol. The summed E-state index contributed by atoms with van der Waals surface area (Å²) in [5.41, 5.74) is 0. The number of hydrogen-bond donors (Lipinski definition) is 2. The standard InChI is InChI=1S/C6H12.C2H3N.2CH4O/c1-2-4-6-5-3-1;1-2-3;2*1-2/h1-6H2;1H3;2*2H,1H3. The molecule has 0 radical (unpaired) electrons. The first-order valence-corrected chi connectivity index (χ1v) is 4.62. The van der Waals surface area contributed by atoms with Crippen molar-refractivity contribution >= 4 is 0 Å². The summed E-state index contributed by atoms with van der Waals surface area (Å²) in [5.74, 6) is 0. The fraction of sp³-hybridized carbons (Fsp3) is 0.900. The fourth-order valence-corrected chi connectivity index (χ4v) is 1.06. The Morgan fingerprint density at radius 1 is 0.769 bits per heavy atom. The predicted octanol–water partition coefficient (Wildman–Crippen LogP) is 2.09. The van der Waals surface area contributed by atoms with Crippen LogP contribution in [0.1, 0.15) is 45.4 Å². The van der Waals surface area contributed by atoms with E-state index in [1.54, 1.807) is 6.07 Å². The lowest BCUT2D eigenvalue weighted by molar-refractivity contribution is 0.399. The van der Waals surface area contributed by atoms with Crippen molar-refractivity contribution in [1.29, 1.82) is 5.26 Å². The van der Waals surface area contributed by atoms with Crippen LogP contribution in [-0.2, 0) is 0 Å². The van der Waals surface area contributed by atoms with E-state index in [-0.39, 0.29) is 0 Å². The summed E-state index contributed by atoms with van der Waals surface area (Å²) >= 11 is 0. The predicted molar refractivity (Wildman–Crippen MR) is 55.3 cm³/mol. The van der Waals surface area contributed by atoms with Crippen molar-refractivity contribution in [2.75, 3.05) is 14.2 Å². The fourth-order valence-electron chi connectivity index (χ4n) is 1.06. The topological polar surface area (TPSA) is 64.2 Å². The molecule has 0 bridgehead atoms. The van der Waals surface area contributed by atoms with Gasteiger partial charge in [0.05, 0.1) is 6.07 Å². The third-order valence-corrected chi connectivity index (χ3v) is 1.50. The molecule has 1 saturated carbocycles. The highest BCUT2D eigenvalue weighted by Gasteiger charge is 1.95. The highest BCUT2D eigenvalue weighted by molar-refractivity contribution is 4.51. The average Bonchev–Trinajstić information content (AvgIpc) is 2.27. The van der Waals surface area contributed by atoms with Crippen molar-refractivity contribution in [3.8, 4) is 6.07 Å². The number of rotatable bonds is 0. The molecule has 1 rings (SSSR count). The molecule has 80 valence electrons. The SMILES string of the molecule is C1CCCCC1.CC#N.CO.CO. The second kappa shape index (κ2) is 30.1. The van der Waals surface area contributed by atoms with Crippen LogP contribution in [0.25, 0.3) is 0 Å². The quantitative estimate of drug-likeness (QED) is 0.613. The van der Waals surface area contributed by atoms with E-state index in [0.29, 0.717) is 0 Å². The molecular formula is C10H23NO2. The molecule has 0 heterocycles. The molecule has 0 aromatic rings. The summed E-state index contributed by atoms with van der Waals surface area (Å²) in [6, 6.07) is 1.75. The minimum atomic E-state index is 1.00. The van der Waals surface area contributed by atoms with Crippen LogP contribution in [0, 0.1) is 11.3 Å². The number of aliphatic hydroxyl groups is 2. The van der Waals surface area contributed by atoms with Crippen molar-refractivity contribution in [2.24, 2.45) is 0 Å². The second-order valence-corrected chi connectivity index (χ2v) is 2.34. The number of nitrogens with zero attached hydrogens (tertiary/aromatic N) is 1. The number of aliphatic hydroxyl groups excluding tert-OH is 2. The molecule has 0 unspecified atom stereocenters. The summed E-state index contributed by atoms with van der Waals surface area (Å²) < 4.78 is 0. The van der Waals surface area contributed by atoms with Gasteiger partial charge in [-0.1, -0.05) is 38.5 Å². The van der Waals surface area contributed by atoms with Crippen LogP contribution in [0.2, 0.25) is 0 Å². The third kappa shape index (κ3) is 34.5. The molecule has 3 nitrogen and oxygen atoms in total. The maximum Gasteiger partial charge on any atom is 0.0587 e. The average molecular weight is 189 g/mol. The van der Waals surface area contributed by atoms with Crippen LogP contribution >= 0.6 is 0 Å². The van der Waals surface area contributed by atoms with E-state index in [1.807, 2.05) is 0 Å². The van der Waals surface area contributed by atoms with E-state index < -0.39 is 0 Å². The molecule has 1 aliphatic rings. The summed E-state index contributed by atoms with van der Waals surface area (Å²) in [7, 11) is 2.00. The zero-order valence-electron chi connectivity index (χ0n) is 9.08. The zero-order valence-corrected chi connectivity index (χ0v) is 9.08. The molecule has 0 amide bonds. The lowest BCUT2D eigenvalue weighted by Gasteiger charge is -2.05. The van der Waals surface area contributed by atoms with Crippen LogP contribution in [0.15, 0.2) is 0 Å². The molecule has 0 saturated heterocycles. The minimum absolute atomic E-state index is 1.00. The second-order valence-electron chi connectivity index (χ2n) is 2.34. The van der Waals surface area contributed by atoms with Gasteiger partial charge in [0.25, 0.3) is 0 Å². The molecule has 2 N–H and O–H groups in total. The van der Waals surface area contributed by atoms with Gasteiger partial charge in [-0.2, -0.15) is 5.26 Å². The molecule has 1 aliphatic carbocycles. The Bertz CT molecular complexity index is 73.9. The molecule has 0 aliphatic heterocycles. The Labute approximate surface area is 82.0 Å². The van der Waals surface area contributed by atoms with Gasteiger partial charge in [-0.15, -0.1) is 0 Å². The molecule has 13 heavy (non-hydrogen) atoms. The van der Waals surface area contributed by atoms with Crippen LogP contribution < -0.4 is 0 Å². The van der Waals surface area contributed by atoms with Gasteiger partial charge >= 0.3 is 0 Å². The Hall–Kier alpha value is -0.590. The van der Waals surface area contributed by atoms with Gasteiger partial charge in [0.15, 0.2) is 0 Å². The molecule has 0 aromatic heterocycles. The molecular weight excluding hydrogens is 166 g/mol. The largest absolute Gasteiger partial charge is 0.400 e. The van der Waals surface area contributed by atoms with Gasteiger partial charge in [-0.05, 0) is 0 Å². The normalized spacial score (nSPS) is 12.6. The number of hydrogen-bond acceptors (Lipinski definition) is 3. The maximum atomic E-state index is 7.32. The zero-order chi connectivity index (χ0) is 10.9. The Balaban J connectivity index is -0.000000124. The van der Waals surface area contributed by atoms with E-state index >= 15 is 0 Å². The summed E-state index contributed by atoms with van der Waals surface area (Å²) in [5, 5.41) is 21.3. The van der Waals surface area contributed by atoms with Gasteiger partial charge in [0.2, 0.25) is 0 Å². The van der Waals surface area contributed by atoms with Crippen molar-refractivity contribution in [3.05, 3.63) is 0 Å². The molecule has 3 heteroatoms. The molecule has 0 spiro atoms. The van der Waals surface area contributed by atoms with E-state index in [2.05, 4.69) is 0 Å². The maximum absolute atomic E-state index is 7.32.